The second kappa shape index (κ2) is 11.3. The predicted molar refractivity (Wildman–Crippen MR) is 126 cm³/mol. The summed E-state index contributed by atoms with van der Waals surface area (Å²) >= 11 is 0. The molecule has 2 aliphatic heterocycles. The summed E-state index contributed by atoms with van der Waals surface area (Å²) < 4.78 is 65.6. The largest absolute Gasteiger partial charge is 0.342 e. The Morgan fingerprint density at radius 3 is 2.20 bits per heavy atom. The van der Waals surface area contributed by atoms with Gasteiger partial charge in [0.15, 0.2) is 21.5 Å². The van der Waals surface area contributed by atoms with Crippen LogP contribution >= 0.6 is 0 Å². The number of rotatable bonds is 10. The Morgan fingerprint density at radius 2 is 1.63 bits per heavy atom. The van der Waals surface area contributed by atoms with Gasteiger partial charge < -0.3 is 15.5 Å². The zero-order chi connectivity index (χ0) is 25.9. The summed E-state index contributed by atoms with van der Waals surface area (Å²) in [5.74, 6) is -4.94. The van der Waals surface area contributed by atoms with E-state index in [0.29, 0.717) is 32.0 Å². The summed E-state index contributed by atoms with van der Waals surface area (Å²) in [5.41, 5.74) is 6.34. The smallest absolute Gasteiger partial charge is 0.237 e. The van der Waals surface area contributed by atoms with Gasteiger partial charge in [0.25, 0.3) is 0 Å². The summed E-state index contributed by atoms with van der Waals surface area (Å²) in [6.07, 6.45) is 2.58. The molecule has 0 saturated carbocycles. The first-order chi connectivity index (χ1) is 16.5. The van der Waals surface area contributed by atoms with Crippen LogP contribution in [0.25, 0.3) is 0 Å². The Hall–Kier alpha value is -2.14. The zero-order valence-electron chi connectivity index (χ0n) is 20.2. The average Bonchev–Trinajstić information content (AvgIpc) is 3.05. The third-order valence-corrected chi connectivity index (χ3v) is 8.81. The molecule has 3 unspecified atom stereocenters. The molecule has 11 heteroatoms. The van der Waals surface area contributed by atoms with E-state index in [1.54, 1.807) is 18.7 Å². The van der Waals surface area contributed by atoms with Crippen LogP contribution in [0.15, 0.2) is 12.1 Å². The Balaban J connectivity index is 1.56. The fourth-order valence-corrected chi connectivity index (χ4v) is 6.61. The second-order valence-electron chi connectivity index (χ2n) is 9.55. The van der Waals surface area contributed by atoms with Crippen LogP contribution < -0.4 is 5.73 Å². The van der Waals surface area contributed by atoms with Crippen molar-refractivity contribution in [2.24, 2.45) is 11.7 Å². The van der Waals surface area contributed by atoms with Crippen LogP contribution in [-0.2, 0) is 25.8 Å². The number of hydrogen-bond acceptors (Lipinski definition) is 5. The molecule has 2 N–H and O–H groups in total. The molecule has 2 aliphatic rings. The molecule has 1 aromatic rings. The van der Waals surface area contributed by atoms with Crippen molar-refractivity contribution in [1.82, 2.24) is 9.80 Å². The quantitative estimate of drug-likeness (QED) is 0.481. The molecule has 2 saturated heterocycles. The molecule has 0 radical (unpaired) electrons. The zero-order valence-corrected chi connectivity index (χ0v) is 21.0. The molecule has 3 atom stereocenters. The van der Waals surface area contributed by atoms with E-state index in [-0.39, 0.29) is 48.1 Å². The molecular formula is C24H34F3N3O4S. The molecule has 0 aliphatic carbocycles. The topological polar surface area (TPSA) is 101 Å². The van der Waals surface area contributed by atoms with Gasteiger partial charge in [0.1, 0.15) is 11.6 Å². The number of amides is 2. The standard InChI is InChI=1S/C24H34F3N3O4S/c1-3-29(4-2)24(32)14-35(33,34)8-7-23(31)30-17-5-6-18(30)10-16(9-17)22(28)12-15-11-20(26)21(27)13-19(15)25/h11,13,16-18,22H,3-10,12,14,28H2,1-2H3. The minimum atomic E-state index is -3.72. The summed E-state index contributed by atoms with van der Waals surface area (Å²) in [6, 6.07) is 0.690. The number of sulfone groups is 1. The second-order valence-corrected chi connectivity index (χ2v) is 11.7. The molecule has 1 aromatic carbocycles. The highest BCUT2D eigenvalue weighted by atomic mass is 32.2. The lowest BCUT2D eigenvalue weighted by Crippen LogP contribution is -2.50. The van der Waals surface area contributed by atoms with Gasteiger partial charge in [0, 0.05) is 43.7 Å². The molecule has 3 rings (SSSR count). The van der Waals surface area contributed by atoms with Crippen LogP contribution in [0.4, 0.5) is 13.2 Å². The van der Waals surface area contributed by atoms with E-state index in [1.165, 1.54) is 4.90 Å². The van der Waals surface area contributed by atoms with Crippen LogP contribution in [0.3, 0.4) is 0 Å². The Labute approximate surface area is 204 Å². The Bertz CT molecular complexity index is 1030. The molecule has 196 valence electrons. The maximum Gasteiger partial charge on any atom is 0.237 e. The lowest BCUT2D eigenvalue weighted by Gasteiger charge is -2.41. The molecule has 2 bridgehead atoms. The first-order valence-corrected chi connectivity index (χ1v) is 14.0. The van der Waals surface area contributed by atoms with Gasteiger partial charge in [-0.2, -0.15) is 0 Å². The Kier molecular flexibility index (Phi) is 8.85. The fraction of sp³-hybridized carbons (Fsp3) is 0.667. The van der Waals surface area contributed by atoms with Crippen molar-refractivity contribution in [1.29, 1.82) is 0 Å². The van der Waals surface area contributed by atoms with Crippen LogP contribution in [-0.4, -0.2) is 72.8 Å². The van der Waals surface area contributed by atoms with E-state index >= 15 is 0 Å². The molecular weight excluding hydrogens is 483 g/mol. The van der Waals surface area contributed by atoms with E-state index < -0.39 is 45.0 Å². The predicted octanol–water partition coefficient (Wildman–Crippen LogP) is 2.42. The van der Waals surface area contributed by atoms with Crippen molar-refractivity contribution in [3.8, 4) is 0 Å². The van der Waals surface area contributed by atoms with Crippen LogP contribution in [0.2, 0.25) is 0 Å². The minimum Gasteiger partial charge on any atom is -0.342 e. The fourth-order valence-electron chi connectivity index (χ4n) is 5.42. The average molecular weight is 518 g/mol. The SMILES string of the molecule is CCN(CC)C(=O)CS(=O)(=O)CCC(=O)N1C2CCC1CC(C(N)Cc1cc(F)c(F)cc1F)C2. The van der Waals surface area contributed by atoms with Crippen LogP contribution in [0.1, 0.15) is 51.5 Å². The Morgan fingerprint density at radius 1 is 1.06 bits per heavy atom. The summed E-state index contributed by atoms with van der Waals surface area (Å²) in [7, 11) is -3.72. The highest BCUT2D eigenvalue weighted by molar-refractivity contribution is 7.92. The minimum absolute atomic E-state index is 0.0201. The number of nitrogens with two attached hydrogens (primary N) is 1. The van der Waals surface area contributed by atoms with E-state index in [0.717, 1.165) is 18.9 Å². The lowest BCUT2D eigenvalue weighted by atomic mass is 9.82. The number of hydrogen-bond donors (Lipinski definition) is 1. The van der Waals surface area contributed by atoms with Crippen molar-refractivity contribution in [2.45, 2.75) is 70.5 Å². The van der Waals surface area contributed by atoms with Gasteiger partial charge in [0.05, 0.1) is 5.75 Å². The highest BCUT2D eigenvalue weighted by Crippen LogP contribution is 2.40. The molecule has 0 aromatic heterocycles. The van der Waals surface area contributed by atoms with Crippen molar-refractivity contribution >= 4 is 21.7 Å². The van der Waals surface area contributed by atoms with Gasteiger partial charge in [-0.1, -0.05) is 0 Å². The van der Waals surface area contributed by atoms with Gasteiger partial charge in [-0.3, -0.25) is 9.59 Å². The van der Waals surface area contributed by atoms with Crippen molar-refractivity contribution in [3.63, 3.8) is 0 Å². The summed E-state index contributed by atoms with van der Waals surface area (Å²) in [6.45, 7) is 4.40. The van der Waals surface area contributed by atoms with Crippen LogP contribution in [0, 0.1) is 23.4 Å². The molecule has 35 heavy (non-hydrogen) atoms. The van der Waals surface area contributed by atoms with E-state index in [4.69, 9.17) is 5.73 Å². The molecule has 2 amide bonds. The van der Waals surface area contributed by atoms with Crippen molar-refractivity contribution in [2.75, 3.05) is 24.6 Å². The number of piperidine rings is 1. The van der Waals surface area contributed by atoms with Gasteiger partial charge in [-0.15, -0.1) is 0 Å². The molecule has 0 spiro atoms. The number of carbonyl (C=O) groups is 2. The maximum atomic E-state index is 14.0. The maximum absolute atomic E-state index is 14.0. The van der Waals surface area contributed by atoms with E-state index in [2.05, 4.69) is 0 Å². The first-order valence-electron chi connectivity index (χ1n) is 12.1. The number of nitrogens with zero attached hydrogens (tertiary/aromatic N) is 2. The van der Waals surface area contributed by atoms with Gasteiger partial charge in [0.2, 0.25) is 11.8 Å². The van der Waals surface area contributed by atoms with Crippen molar-refractivity contribution in [3.05, 3.63) is 35.1 Å². The third kappa shape index (κ3) is 6.55. The van der Waals surface area contributed by atoms with Crippen molar-refractivity contribution < 1.29 is 31.2 Å². The molecule has 2 fully saturated rings. The lowest BCUT2D eigenvalue weighted by molar-refractivity contribution is -0.136. The monoisotopic (exact) mass is 517 g/mol. The number of carbonyl (C=O) groups excluding carboxylic acids is 2. The van der Waals surface area contributed by atoms with Crippen LogP contribution in [0.5, 0.6) is 0 Å². The van der Waals surface area contributed by atoms with Gasteiger partial charge >= 0.3 is 0 Å². The van der Waals surface area contributed by atoms with Gasteiger partial charge in [-0.05, 0) is 63.5 Å². The first kappa shape index (κ1) is 27.4. The number of benzene rings is 1. The number of halogens is 3. The molecule has 7 nitrogen and oxygen atoms in total. The number of fused-ring (bicyclic) bond motifs is 2. The third-order valence-electron chi connectivity index (χ3n) is 7.29. The molecule has 2 heterocycles. The summed E-state index contributed by atoms with van der Waals surface area (Å²) in [4.78, 5) is 28.3. The summed E-state index contributed by atoms with van der Waals surface area (Å²) in [5, 5.41) is 0. The highest BCUT2D eigenvalue weighted by Gasteiger charge is 2.44. The normalized spacial score (nSPS) is 22.8. The van der Waals surface area contributed by atoms with Gasteiger partial charge in [-0.25, -0.2) is 21.6 Å². The van der Waals surface area contributed by atoms with E-state index in [9.17, 15) is 31.2 Å². The van der Waals surface area contributed by atoms with E-state index in [1.807, 2.05) is 0 Å².